The van der Waals surface area contributed by atoms with Gasteiger partial charge in [0.15, 0.2) is 9.84 Å². The molecule has 7 heteroatoms. The van der Waals surface area contributed by atoms with Crippen LogP contribution in [0.3, 0.4) is 0 Å². The van der Waals surface area contributed by atoms with Gasteiger partial charge in [0.05, 0.1) is 11.4 Å². The second-order valence-corrected chi connectivity index (χ2v) is 6.83. The van der Waals surface area contributed by atoms with Gasteiger partial charge in [-0.05, 0) is 18.2 Å². The summed E-state index contributed by atoms with van der Waals surface area (Å²) in [6.07, 6.45) is 4.78. The van der Waals surface area contributed by atoms with Crippen LogP contribution in [0.2, 0.25) is 5.02 Å². The predicted octanol–water partition coefficient (Wildman–Crippen LogP) is 1.73. The van der Waals surface area contributed by atoms with E-state index in [4.69, 9.17) is 11.6 Å². The number of hydrogen-bond acceptors (Lipinski definition) is 4. The van der Waals surface area contributed by atoms with Gasteiger partial charge in [0.25, 0.3) is 0 Å². The number of aromatic nitrogens is 2. The number of nitrogens with one attached hydrogen (secondary N) is 1. The first-order valence-corrected chi connectivity index (χ1v) is 8.41. The average molecular weight is 314 g/mol. The van der Waals surface area contributed by atoms with Gasteiger partial charge in [-0.25, -0.2) is 8.42 Å². The van der Waals surface area contributed by atoms with E-state index in [0.717, 1.165) is 0 Å². The molecule has 0 radical (unpaired) electrons. The molecule has 0 spiro atoms. The Morgan fingerprint density at radius 1 is 1.35 bits per heavy atom. The van der Waals surface area contributed by atoms with Gasteiger partial charge in [-0.3, -0.25) is 4.68 Å². The summed E-state index contributed by atoms with van der Waals surface area (Å²) in [5.41, 5.74) is 0.608. The predicted molar refractivity (Wildman–Crippen MR) is 78.5 cm³/mol. The lowest BCUT2D eigenvalue weighted by atomic mass is 10.2. The van der Waals surface area contributed by atoms with Crippen LogP contribution in [0.1, 0.15) is 5.56 Å². The Bertz CT molecular complexity index is 669. The highest BCUT2D eigenvalue weighted by atomic mass is 35.5. The first kappa shape index (κ1) is 15.0. The third kappa shape index (κ3) is 3.82. The molecule has 2 rings (SSSR count). The van der Waals surface area contributed by atoms with Crippen LogP contribution in [0.5, 0.6) is 0 Å². The second-order valence-electron chi connectivity index (χ2n) is 4.43. The fourth-order valence-corrected chi connectivity index (χ4v) is 3.15. The van der Waals surface area contributed by atoms with E-state index in [-0.39, 0.29) is 4.90 Å². The SMILES string of the molecule is CS(=O)(=O)c1cccc(Cl)c1CNCCn1cccn1. The molecule has 20 heavy (non-hydrogen) atoms. The molecule has 0 aliphatic carbocycles. The summed E-state index contributed by atoms with van der Waals surface area (Å²) >= 11 is 6.09. The molecule has 0 bridgehead atoms. The summed E-state index contributed by atoms with van der Waals surface area (Å²) < 4.78 is 25.3. The molecule has 0 saturated heterocycles. The normalized spacial score (nSPS) is 11.7. The summed E-state index contributed by atoms with van der Waals surface area (Å²) in [5.74, 6) is 0. The summed E-state index contributed by atoms with van der Waals surface area (Å²) in [6, 6.07) is 6.77. The third-order valence-electron chi connectivity index (χ3n) is 2.85. The molecule has 0 aliphatic rings. The maximum Gasteiger partial charge on any atom is 0.175 e. The number of benzene rings is 1. The molecule has 2 aromatic rings. The summed E-state index contributed by atoms with van der Waals surface area (Å²) in [5, 5.41) is 7.73. The topological polar surface area (TPSA) is 64.0 Å². The molecule has 1 aromatic carbocycles. The Morgan fingerprint density at radius 3 is 2.80 bits per heavy atom. The van der Waals surface area contributed by atoms with Crippen molar-refractivity contribution in [1.29, 1.82) is 0 Å². The van der Waals surface area contributed by atoms with Crippen molar-refractivity contribution in [2.75, 3.05) is 12.8 Å². The van der Waals surface area contributed by atoms with E-state index >= 15 is 0 Å². The number of rotatable bonds is 6. The maximum atomic E-state index is 11.7. The lowest BCUT2D eigenvalue weighted by Gasteiger charge is -2.11. The highest BCUT2D eigenvalue weighted by molar-refractivity contribution is 7.90. The number of halogens is 1. The van der Waals surface area contributed by atoms with Crippen molar-refractivity contribution in [2.45, 2.75) is 18.0 Å². The van der Waals surface area contributed by atoms with Crippen molar-refractivity contribution in [1.82, 2.24) is 15.1 Å². The van der Waals surface area contributed by atoms with Crippen molar-refractivity contribution in [3.05, 3.63) is 47.2 Å². The molecule has 0 atom stereocenters. The zero-order valence-corrected chi connectivity index (χ0v) is 12.7. The van der Waals surface area contributed by atoms with E-state index in [1.807, 2.05) is 12.3 Å². The van der Waals surface area contributed by atoms with Crippen molar-refractivity contribution in [3.63, 3.8) is 0 Å². The highest BCUT2D eigenvalue weighted by Gasteiger charge is 2.15. The monoisotopic (exact) mass is 313 g/mol. The molecular formula is C13H16ClN3O2S. The van der Waals surface area contributed by atoms with Gasteiger partial charge in [-0.15, -0.1) is 0 Å². The van der Waals surface area contributed by atoms with Crippen LogP contribution in [0, 0.1) is 0 Å². The minimum atomic E-state index is -3.28. The van der Waals surface area contributed by atoms with Crippen molar-refractivity contribution >= 4 is 21.4 Å². The maximum absolute atomic E-state index is 11.7. The summed E-state index contributed by atoms with van der Waals surface area (Å²) in [6.45, 7) is 1.80. The van der Waals surface area contributed by atoms with E-state index in [9.17, 15) is 8.42 Å². The van der Waals surface area contributed by atoms with Crippen LogP contribution < -0.4 is 5.32 Å². The van der Waals surface area contributed by atoms with Crippen molar-refractivity contribution in [3.8, 4) is 0 Å². The molecule has 0 amide bonds. The lowest BCUT2D eigenvalue weighted by molar-refractivity contribution is 0.551. The standard InChI is InChI=1S/C13H16ClN3O2S/c1-20(18,19)13-5-2-4-12(14)11(13)10-15-7-9-17-8-3-6-16-17/h2-6,8,15H,7,9-10H2,1H3. The Labute approximate surface area is 123 Å². The Kier molecular flexibility index (Phi) is 4.80. The fraction of sp³-hybridized carbons (Fsp3) is 0.308. The van der Waals surface area contributed by atoms with Crippen LogP contribution in [0.25, 0.3) is 0 Å². The third-order valence-corrected chi connectivity index (χ3v) is 4.39. The van der Waals surface area contributed by atoms with Gasteiger partial charge >= 0.3 is 0 Å². The minimum absolute atomic E-state index is 0.275. The van der Waals surface area contributed by atoms with E-state index in [0.29, 0.717) is 30.2 Å². The van der Waals surface area contributed by atoms with E-state index < -0.39 is 9.84 Å². The van der Waals surface area contributed by atoms with Crippen molar-refractivity contribution in [2.24, 2.45) is 0 Å². The van der Waals surface area contributed by atoms with E-state index in [1.54, 1.807) is 29.1 Å². The molecule has 0 unspecified atom stereocenters. The first-order chi connectivity index (χ1) is 9.48. The molecule has 0 saturated carbocycles. The summed E-state index contributed by atoms with van der Waals surface area (Å²) in [7, 11) is -3.28. The van der Waals surface area contributed by atoms with E-state index in [1.165, 1.54) is 6.26 Å². The van der Waals surface area contributed by atoms with Crippen LogP contribution >= 0.6 is 11.6 Å². The fourth-order valence-electron chi connectivity index (χ4n) is 1.90. The Hall–Kier alpha value is -1.37. The Balaban J connectivity index is 2.02. The van der Waals surface area contributed by atoms with Gasteiger partial charge in [0.1, 0.15) is 0 Å². The molecular weight excluding hydrogens is 298 g/mol. The molecule has 1 N–H and O–H groups in total. The zero-order valence-electron chi connectivity index (χ0n) is 11.1. The summed E-state index contributed by atoms with van der Waals surface area (Å²) in [4.78, 5) is 0.275. The van der Waals surface area contributed by atoms with Crippen LogP contribution in [0.4, 0.5) is 0 Å². The van der Waals surface area contributed by atoms with Crippen molar-refractivity contribution < 1.29 is 8.42 Å². The van der Waals surface area contributed by atoms with Gasteiger partial charge in [0.2, 0.25) is 0 Å². The largest absolute Gasteiger partial charge is 0.311 e. The van der Waals surface area contributed by atoms with Gasteiger partial charge in [-0.1, -0.05) is 17.7 Å². The first-order valence-electron chi connectivity index (χ1n) is 6.14. The zero-order chi connectivity index (χ0) is 14.6. The minimum Gasteiger partial charge on any atom is -0.311 e. The van der Waals surface area contributed by atoms with Crippen LogP contribution in [-0.2, 0) is 22.9 Å². The molecule has 108 valence electrons. The molecule has 0 aliphatic heterocycles. The highest BCUT2D eigenvalue weighted by Crippen LogP contribution is 2.23. The van der Waals surface area contributed by atoms with Crippen LogP contribution in [-0.4, -0.2) is 31.0 Å². The Morgan fingerprint density at radius 2 is 2.15 bits per heavy atom. The second kappa shape index (κ2) is 6.39. The van der Waals surface area contributed by atoms with Gasteiger partial charge in [-0.2, -0.15) is 5.10 Å². The van der Waals surface area contributed by atoms with E-state index in [2.05, 4.69) is 10.4 Å². The number of sulfone groups is 1. The smallest absolute Gasteiger partial charge is 0.175 e. The molecule has 0 fully saturated rings. The molecule has 1 heterocycles. The number of hydrogen-bond donors (Lipinski definition) is 1. The van der Waals surface area contributed by atoms with Gasteiger partial charge < -0.3 is 5.32 Å². The molecule has 5 nitrogen and oxygen atoms in total. The van der Waals surface area contributed by atoms with Crippen LogP contribution in [0.15, 0.2) is 41.6 Å². The van der Waals surface area contributed by atoms with Gasteiger partial charge in [0, 0.05) is 42.3 Å². The lowest BCUT2D eigenvalue weighted by Crippen LogP contribution is -2.21. The molecule has 1 aromatic heterocycles. The number of nitrogens with zero attached hydrogens (tertiary/aromatic N) is 2. The average Bonchev–Trinajstić information content (AvgIpc) is 2.88. The quantitative estimate of drug-likeness (QED) is 0.825.